The lowest BCUT2D eigenvalue weighted by Gasteiger charge is -2.17. The molecular weight excluding hydrogens is 266 g/mol. The maximum Gasteiger partial charge on any atom is 0.123 e. The molecule has 2 aromatic rings. The lowest BCUT2D eigenvalue weighted by Crippen LogP contribution is -2.20. The maximum absolute atomic E-state index is 8.84. The number of aliphatic hydroxyl groups is 1. The van der Waals surface area contributed by atoms with Gasteiger partial charge < -0.3 is 15.2 Å². The normalized spacial score (nSPS) is 12.3. The first-order chi connectivity index (χ1) is 10.2. The van der Waals surface area contributed by atoms with Crippen molar-refractivity contribution in [3.63, 3.8) is 0 Å². The summed E-state index contributed by atoms with van der Waals surface area (Å²) in [5.74, 6) is 0.872. The summed E-state index contributed by atoms with van der Waals surface area (Å²) >= 11 is 0. The molecule has 0 aliphatic carbocycles. The van der Waals surface area contributed by atoms with Gasteiger partial charge >= 0.3 is 0 Å². The van der Waals surface area contributed by atoms with E-state index < -0.39 is 0 Å². The zero-order valence-electron chi connectivity index (χ0n) is 12.6. The van der Waals surface area contributed by atoms with E-state index in [0.29, 0.717) is 6.54 Å². The van der Waals surface area contributed by atoms with Crippen LogP contribution in [-0.4, -0.2) is 35.1 Å². The Hall–Kier alpha value is -1.85. The summed E-state index contributed by atoms with van der Waals surface area (Å²) in [6, 6.07) is 8.37. The van der Waals surface area contributed by atoms with E-state index in [9.17, 15) is 0 Å². The third-order valence-electron chi connectivity index (χ3n) is 3.48. The van der Waals surface area contributed by atoms with Crippen LogP contribution >= 0.6 is 0 Å². The number of methoxy groups -OCH3 is 1. The van der Waals surface area contributed by atoms with Crippen LogP contribution in [0.1, 0.15) is 30.5 Å². The minimum absolute atomic E-state index is 0.215. The van der Waals surface area contributed by atoms with Crippen molar-refractivity contribution < 1.29 is 9.84 Å². The van der Waals surface area contributed by atoms with Crippen LogP contribution in [0.25, 0.3) is 0 Å². The van der Waals surface area contributed by atoms with Crippen molar-refractivity contribution in [2.75, 3.05) is 20.3 Å². The van der Waals surface area contributed by atoms with Crippen molar-refractivity contribution in [2.24, 2.45) is 0 Å². The van der Waals surface area contributed by atoms with Crippen molar-refractivity contribution in [3.05, 3.63) is 47.8 Å². The van der Waals surface area contributed by atoms with Gasteiger partial charge in [-0.15, -0.1) is 0 Å². The average molecular weight is 289 g/mol. The van der Waals surface area contributed by atoms with Crippen LogP contribution in [0.3, 0.4) is 0 Å². The highest BCUT2D eigenvalue weighted by molar-refractivity contribution is 5.38. The Balaban J connectivity index is 2.12. The molecule has 0 saturated carbocycles. The van der Waals surface area contributed by atoms with Gasteiger partial charge in [0.25, 0.3) is 0 Å². The Morgan fingerprint density at radius 1 is 1.43 bits per heavy atom. The highest BCUT2D eigenvalue weighted by atomic mass is 16.5. The molecule has 2 N–H and O–H groups in total. The van der Waals surface area contributed by atoms with E-state index in [2.05, 4.69) is 29.5 Å². The average Bonchev–Trinajstić information content (AvgIpc) is 3.00. The van der Waals surface area contributed by atoms with Gasteiger partial charge in [-0.3, -0.25) is 4.68 Å². The number of nitrogens with one attached hydrogen (secondary N) is 1. The number of hydrogen-bond acceptors (Lipinski definition) is 4. The van der Waals surface area contributed by atoms with Gasteiger partial charge in [0, 0.05) is 30.6 Å². The van der Waals surface area contributed by atoms with Crippen LogP contribution in [0, 0.1) is 0 Å². The summed E-state index contributed by atoms with van der Waals surface area (Å²) in [6.45, 7) is 3.83. The van der Waals surface area contributed by atoms with Gasteiger partial charge in [-0.2, -0.15) is 5.10 Å². The fraction of sp³-hybridized carbons (Fsp3) is 0.438. The number of ether oxygens (including phenoxy) is 1. The number of aromatic nitrogens is 2. The second kappa shape index (κ2) is 7.81. The van der Waals surface area contributed by atoms with Gasteiger partial charge in [0.15, 0.2) is 0 Å². The van der Waals surface area contributed by atoms with Crippen molar-refractivity contribution in [3.8, 4) is 5.75 Å². The summed E-state index contributed by atoms with van der Waals surface area (Å²) in [4.78, 5) is 0. The molecule has 1 atom stereocenters. The molecule has 0 saturated heterocycles. The first-order valence-electron chi connectivity index (χ1n) is 7.23. The molecule has 2 rings (SSSR count). The maximum atomic E-state index is 8.84. The number of aliphatic hydroxyl groups excluding tert-OH is 1. The Morgan fingerprint density at radius 2 is 2.29 bits per heavy atom. The fourth-order valence-electron chi connectivity index (χ4n) is 2.28. The van der Waals surface area contributed by atoms with Crippen LogP contribution < -0.4 is 10.1 Å². The van der Waals surface area contributed by atoms with Crippen LogP contribution in [0.4, 0.5) is 0 Å². The predicted octanol–water partition coefficient (Wildman–Crippen LogP) is 1.97. The molecule has 114 valence electrons. The zero-order valence-corrected chi connectivity index (χ0v) is 12.6. The molecular formula is C16H23N3O2. The number of nitrogens with zero attached hydrogens (tertiary/aromatic N) is 2. The molecule has 5 heteroatoms. The smallest absolute Gasteiger partial charge is 0.123 e. The van der Waals surface area contributed by atoms with Gasteiger partial charge in [-0.1, -0.05) is 6.07 Å². The molecule has 0 aliphatic heterocycles. The Kier molecular flexibility index (Phi) is 5.78. The molecule has 5 nitrogen and oxygen atoms in total. The van der Waals surface area contributed by atoms with Crippen molar-refractivity contribution >= 4 is 0 Å². The van der Waals surface area contributed by atoms with Gasteiger partial charge in [0.1, 0.15) is 5.75 Å². The van der Waals surface area contributed by atoms with Crippen LogP contribution in [0.2, 0.25) is 0 Å². The molecule has 0 spiro atoms. The molecule has 21 heavy (non-hydrogen) atoms. The number of rotatable bonds is 8. The summed E-state index contributed by atoms with van der Waals surface area (Å²) in [7, 11) is 1.69. The van der Waals surface area contributed by atoms with Crippen molar-refractivity contribution in [1.29, 1.82) is 0 Å². The molecule has 0 radical (unpaired) electrons. The Labute approximate surface area is 125 Å². The lowest BCUT2D eigenvalue weighted by molar-refractivity contribution is 0.284. The van der Waals surface area contributed by atoms with E-state index in [1.165, 1.54) is 5.56 Å². The third-order valence-corrected chi connectivity index (χ3v) is 3.48. The van der Waals surface area contributed by atoms with Crippen LogP contribution in [-0.2, 0) is 6.54 Å². The largest absolute Gasteiger partial charge is 0.496 e. The van der Waals surface area contributed by atoms with E-state index in [1.54, 1.807) is 13.3 Å². The zero-order chi connectivity index (χ0) is 15.1. The van der Waals surface area contributed by atoms with E-state index in [-0.39, 0.29) is 12.6 Å². The second-order valence-electron chi connectivity index (χ2n) is 5.03. The molecule has 0 bridgehead atoms. The lowest BCUT2D eigenvalue weighted by atomic mass is 10.0. The fourth-order valence-corrected chi connectivity index (χ4v) is 2.28. The molecule has 0 fully saturated rings. The minimum atomic E-state index is 0.215. The molecule has 1 aromatic heterocycles. The van der Waals surface area contributed by atoms with E-state index in [0.717, 1.165) is 24.3 Å². The molecule has 0 aliphatic rings. The van der Waals surface area contributed by atoms with Crippen molar-refractivity contribution in [1.82, 2.24) is 15.1 Å². The van der Waals surface area contributed by atoms with Gasteiger partial charge in [-0.05, 0) is 43.7 Å². The van der Waals surface area contributed by atoms with Crippen LogP contribution in [0.15, 0.2) is 36.7 Å². The predicted molar refractivity (Wildman–Crippen MR) is 82.4 cm³/mol. The van der Waals surface area contributed by atoms with Gasteiger partial charge in [0.2, 0.25) is 0 Å². The number of hydrogen-bond donors (Lipinski definition) is 2. The molecule has 1 unspecified atom stereocenters. The quantitative estimate of drug-likeness (QED) is 0.730. The Bertz CT molecular complexity index is 540. The van der Waals surface area contributed by atoms with Crippen LogP contribution in [0.5, 0.6) is 5.75 Å². The van der Waals surface area contributed by atoms with E-state index in [1.807, 2.05) is 23.0 Å². The van der Waals surface area contributed by atoms with E-state index >= 15 is 0 Å². The topological polar surface area (TPSA) is 59.3 Å². The molecule has 1 heterocycles. The molecule has 1 aromatic carbocycles. The first kappa shape index (κ1) is 15.5. The summed E-state index contributed by atoms with van der Waals surface area (Å²) < 4.78 is 7.31. The number of benzene rings is 1. The van der Waals surface area contributed by atoms with Crippen molar-refractivity contribution in [2.45, 2.75) is 25.9 Å². The summed E-state index contributed by atoms with van der Waals surface area (Å²) in [5.41, 5.74) is 2.31. The highest BCUT2D eigenvalue weighted by Gasteiger charge is 2.10. The first-order valence-corrected chi connectivity index (χ1v) is 7.23. The Morgan fingerprint density at radius 3 is 2.95 bits per heavy atom. The standard InChI is InChI=1S/C16H23N3O2/c1-13(17-7-4-10-20)14-5-6-16(21-2)15(11-14)12-19-9-3-8-18-19/h3,5-6,8-9,11,13,17,20H,4,7,10,12H2,1-2H3. The monoisotopic (exact) mass is 289 g/mol. The SMILES string of the molecule is COc1ccc(C(C)NCCCO)cc1Cn1cccn1. The molecule has 0 amide bonds. The highest BCUT2D eigenvalue weighted by Crippen LogP contribution is 2.24. The van der Waals surface area contributed by atoms with Gasteiger partial charge in [-0.25, -0.2) is 0 Å². The summed E-state index contributed by atoms with van der Waals surface area (Å²) in [5, 5.41) is 16.5. The third kappa shape index (κ3) is 4.31. The minimum Gasteiger partial charge on any atom is -0.496 e. The second-order valence-corrected chi connectivity index (χ2v) is 5.03. The van der Waals surface area contributed by atoms with E-state index in [4.69, 9.17) is 9.84 Å². The summed E-state index contributed by atoms with van der Waals surface area (Å²) in [6.07, 6.45) is 4.48. The van der Waals surface area contributed by atoms with Gasteiger partial charge in [0.05, 0.1) is 13.7 Å².